The third kappa shape index (κ3) is 6.03. The smallest absolute Gasteiger partial charge is 0.266 e. The van der Waals surface area contributed by atoms with Gasteiger partial charge in [0.25, 0.3) is 5.91 Å². The number of carbonyl (C=O) groups excluding carboxylic acids is 1. The molecule has 0 aliphatic carbocycles. The monoisotopic (exact) mass is 584 g/mol. The van der Waals surface area contributed by atoms with E-state index in [2.05, 4.69) is 60.1 Å². The minimum Gasteiger partial charge on any atom is -0.488 e. The number of unbranched alkanes of at least 4 members (excludes halogenated alkanes) is 1. The summed E-state index contributed by atoms with van der Waals surface area (Å²) in [6.45, 7) is 5.31. The van der Waals surface area contributed by atoms with Gasteiger partial charge in [-0.1, -0.05) is 79.6 Å². The van der Waals surface area contributed by atoms with Gasteiger partial charge < -0.3 is 4.74 Å². The molecule has 1 aliphatic heterocycles. The van der Waals surface area contributed by atoms with E-state index in [1.807, 2.05) is 60.7 Å². The molecule has 0 unspecified atom stereocenters. The number of aryl methyl sites for hydroxylation is 1. The zero-order valence-corrected chi connectivity index (χ0v) is 23.9. The van der Waals surface area contributed by atoms with E-state index in [-0.39, 0.29) is 5.91 Å². The van der Waals surface area contributed by atoms with Crippen molar-refractivity contribution in [3.05, 3.63) is 111 Å². The Labute approximate surface area is 236 Å². The fourth-order valence-electron chi connectivity index (χ4n) is 4.28. The van der Waals surface area contributed by atoms with E-state index in [1.165, 1.54) is 28.1 Å². The van der Waals surface area contributed by atoms with E-state index in [0.717, 1.165) is 45.0 Å². The number of amides is 1. The number of ether oxygens (including phenoxy) is 1. The van der Waals surface area contributed by atoms with Crippen LogP contribution in [-0.4, -0.2) is 22.5 Å². The van der Waals surface area contributed by atoms with Gasteiger partial charge in [0.05, 0.1) is 15.1 Å². The number of thioether (sulfide) groups is 1. The standard InChI is InChI=1S/C32H29BrN2O2S/c1-3-4-18-35-31(36)30(38-32(35)34-26-15-12-22(2)13-16-26)20-23-14-17-29(28(33)19-23)37-21-25-10-7-9-24-8-5-6-11-27(24)25/h5-17,19-20H,3-4,18,21H2,1-2H3/b30-20+,34-32?. The van der Waals surface area contributed by atoms with E-state index >= 15 is 0 Å². The van der Waals surface area contributed by atoms with Crippen LogP contribution in [0.15, 0.2) is 99.3 Å². The van der Waals surface area contributed by atoms with Gasteiger partial charge in [0.15, 0.2) is 5.17 Å². The Bertz CT molecular complexity index is 1520. The van der Waals surface area contributed by atoms with Gasteiger partial charge >= 0.3 is 0 Å². The molecule has 4 aromatic rings. The molecule has 4 nitrogen and oxygen atoms in total. The molecule has 0 radical (unpaired) electrons. The van der Waals surface area contributed by atoms with Crippen LogP contribution >= 0.6 is 27.7 Å². The highest BCUT2D eigenvalue weighted by Crippen LogP contribution is 2.36. The van der Waals surface area contributed by atoms with Crippen LogP contribution in [-0.2, 0) is 11.4 Å². The highest BCUT2D eigenvalue weighted by Gasteiger charge is 2.33. The van der Waals surface area contributed by atoms with Crippen LogP contribution in [0.3, 0.4) is 0 Å². The van der Waals surface area contributed by atoms with Crippen LogP contribution in [0.25, 0.3) is 16.8 Å². The predicted octanol–water partition coefficient (Wildman–Crippen LogP) is 8.89. The number of carbonyl (C=O) groups is 1. The van der Waals surface area contributed by atoms with Crippen molar-refractivity contribution in [3.63, 3.8) is 0 Å². The topological polar surface area (TPSA) is 41.9 Å². The molecule has 1 aliphatic rings. The summed E-state index contributed by atoms with van der Waals surface area (Å²) in [7, 11) is 0. The van der Waals surface area contributed by atoms with Crippen molar-refractivity contribution in [2.75, 3.05) is 6.54 Å². The molecule has 1 amide bonds. The Morgan fingerprint density at radius 1 is 1.00 bits per heavy atom. The number of aliphatic imine (C=N–C) groups is 1. The Morgan fingerprint density at radius 2 is 1.79 bits per heavy atom. The van der Waals surface area contributed by atoms with Gasteiger partial charge in [-0.05, 0) is 93.3 Å². The average Bonchev–Trinajstić information content (AvgIpc) is 3.21. The number of rotatable bonds is 8. The third-order valence-corrected chi connectivity index (χ3v) is 8.03. The number of nitrogens with zero attached hydrogens (tertiary/aromatic N) is 2. The summed E-state index contributed by atoms with van der Waals surface area (Å²) in [4.78, 5) is 20.6. The Balaban J connectivity index is 1.34. The van der Waals surface area contributed by atoms with Crippen molar-refractivity contribution in [1.82, 2.24) is 4.90 Å². The number of amidine groups is 1. The number of hydrogen-bond acceptors (Lipinski definition) is 4. The summed E-state index contributed by atoms with van der Waals surface area (Å²) in [5.74, 6) is 0.762. The first kappa shape index (κ1) is 26.3. The largest absolute Gasteiger partial charge is 0.488 e. The van der Waals surface area contributed by atoms with Gasteiger partial charge in [-0.15, -0.1) is 0 Å². The van der Waals surface area contributed by atoms with Crippen molar-refractivity contribution in [1.29, 1.82) is 0 Å². The van der Waals surface area contributed by atoms with Crippen molar-refractivity contribution < 1.29 is 9.53 Å². The van der Waals surface area contributed by atoms with Gasteiger partial charge in [0, 0.05) is 6.54 Å². The molecule has 5 rings (SSSR count). The second-order valence-corrected chi connectivity index (χ2v) is 11.1. The van der Waals surface area contributed by atoms with Crippen molar-refractivity contribution in [2.45, 2.75) is 33.3 Å². The van der Waals surface area contributed by atoms with Gasteiger partial charge in [-0.2, -0.15) is 0 Å². The maximum atomic E-state index is 13.3. The molecule has 4 aromatic carbocycles. The van der Waals surface area contributed by atoms with Gasteiger partial charge in [-0.3, -0.25) is 9.69 Å². The van der Waals surface area contributed by atoms with Gasteiger partial charge in [-0.25, -0.2) is 4.99 Å². The van der Waals surface area contributed by atoms with E-state index in [0.29, 0.717) is 18.1 Å². The third-order valence-electron chi connectivity index (χ3n) is 6.40. The number of halogens is 1. The summed E-state index contributed by atoms with van der Waals surface area (Å²) in [5, 5.41) is 3.12. The molecule has 0 N–H and O–H groups in total. The summed E-state index contributed by atoms with van der Waals surface area (Å²) in [6, 6.07) is 28.6. The van der Waals surface area contributed by atoms with Gasteiger partial charge in [0.2, 0.25) is 0 Å². The first-order valence-electron chi connectivity index (χ1n) is 12.8. The molecule has 0 bridgehead atoms. The maximum Gasteiger partial charge on any atom is 0.266 e. The van der Waals surface area contributed by atoms with Crippen molar-refractivity contribution in [2.24, 2.45) is 4.99 Å². The molecule has 0 aromatic heterocycles. The molecule has 1 heterocycles. The van der Waals surface area contributed by atoms with Crippen LogP contribution in [0.4, 0.5) is 5.69 Å². The highest BCUT2D eigenvalue weighted by molar-refractivity contribution is 9.10. The van der Waals surface area contributed by atoms with E-state index < -0.39 is 0 Å². The second-order valence-electron chi connectivity index (χ2n) is 9.27. The maximum absolute atomic E-state index is 13.3. The lowest BCUT2D eigenvalue weighted by molar-refractivity contribution is -0.122. The van der Waals surface area contributed by atoms with Crippen LogP contribution in [0.5, 0.6) is 5.75 Å². The molecule has 1 saturated heterocycles. The quantitative estimate of drug-likeness (QED) is 0.194. The minimum absolute atomic E-state index is 0.00159. The summed E-state index contributed by atoms with van der Waals surface area (Å²) in [6.07, 6.45) is 3.88. The number of fused-ring (bicyclic) bond motifs is 1. The summed E-state index contributed by atoms with van der Waals surface area (Å²) in [5.41, 5.74) is 4.10. The molecular formula is C32H29BrN2O2S. The van der Waals surface area contributed by atoms with E-state index in [9.17, 15) is 4.79 Å². The molecule has 0 spiro atoms. The molecule has 0 saturated carbocycles. The lowest BCUT2D eigenvalue weighted by Crippen LogP contribution is -2.30. The first-order chi connectivity index (χ1) is 18.5. The zero-order valence-electron chi connectivity index (χ0n) is 21.5. The van der Waals surface area contributed by atoms with E-state index in [4.69, 9.17) is 9.73 Å². The Morgan fingerprint density at radius 3 is 2.58 bits per heavy atom. The fraction of sp³-hybridized carbons (Fsp3) is 0.188. The SMILES string of the molecule is CCCCN1C(=O)/C(=C\c2ccc(OCc3cccc4ccccc34)c(Br)c2)SC1=Nc1ccc(C)cc1. The van der Waals surface area contributed by atoms with Crippen LogP contribution in [0.2, 0.25) is 0 Å². The van der Waals surface area contributed by atoms with Gasteiger partial charge in [0.1, 0.15) is 12.4 Å². The predicted molar refractivity (Wildman–Crippen MR) is 163 cm³/mol. The highest BCUT2D eigenvalue weighted by atomic mass is 79.9. The number of hydrogen-bond donors (Lipinski definition) is 0. The number of benzene rings is 4. The van der Waals surface area contributed by atoms with Crippen LogP contribution in [0.1, 0.15) is 36.5 Å². The minimum atomic E-state index is 0.00159. The van der Waals surface area contributed by atoms with E-state index in [1.54, 1.807) is 4.90 Å². The fourth-order valence-corrected chi connectivity index (χ4v) is 5.82. The second kappa shape index (κ2) is 12.0. The first-order valence-corrected chi connectivity index (χ1v) is 14.4. The van der Waals surface area contributed by atoms with Crippen LogP contribution < -0.4 is 4.74 Å². The summed E-state index contributed by atoms with van der Waals surface area (Å²) < 4.78 is 7.01. The lowest BCUT2D eigenvalue weighted by Gasteiger charge is -2.14. The molecule has 6 heteroatoms. The van der Waals surface area contributed by atoms with Crippen LogP contribution in [0, 0.1) is 6.92 Å². The summed E-state index contributed by atoms with van der Waals surface area (Å²) >= 11 is 5.09. The average molecular weight is 586 g/mol. The molecule has 38 heavy (non-hydrogen) atoms. The zero-order chi connectivity index (χ0) is 26.5. The molecular weight excluding hydrogens is 556 g/mol. The molecule has 192 valence electrons. The van der Waals surface area contributed by atoms with Crippen molar-refractivity contribution >= 4 is 61.3 Å². The molecule has 1 fully saturated rings. The normalized spacial score (nSPS) is 15.7. The molecule has 0 atom stereocenters. The Hall–Kier alpha value is -3.35. The Kier molecular flexibility index (Phi) is 8.30. The lowest BCUT2D eigenvalue weighted by atomic mass is 10.1. The van der Waals surface area contributed by atoms with Crippen molar-refractivity contribution in [3.8, 4) is 5.75 Å².